The van der Waals surface area contributed by atoms with E-state index in [0.29, 0.717) is 23.9 Å². The van der Waals surface area contributed by atoms with E-state index in [2.05, 4.69) is 21.2 Å². The van der Waals surface area contributed by atoms with Gasteiger partial charge in [-0.2, -0.15) is 0 Å². The standard InChI is InChI=1S/C14H18BrNO4S/c1-3-4-20-12-9(5-8(15)6-11(12)19-2)13-16-10(7-21-13)14(17)18/h5-6,10,13,16H,3-4,7H2,1-2H3,(H,17,18). The van der Waals surface area contributed by atoms with Gasteiger partial charge in [0, 0.05) is 15.8 Å². The molecule has 1 saturated heterocycles. The lowest BCUT2D eigenvalue weighted by Crippen LogP contribution is -2.33. The summed E-state index contributed by atoms with van der Waals surface area (Å²) in [7, 11) is 1.60. The zero-order chi connectivity index (χ0) is 15.4. The molecule has 0 spiro atoms. The number of benzene rings is 1. The molecule has 0 aromatic heterocycles. The van der Waals surface area contributed by atoms with Crippen LogP contribution in [0.25, 0.3) is 0 Å². The van der Waals surface area contributed by atoms with Crippen LogP contribution in [-0.4, -0.2) is 36.6 Å². The fraction of sp³-hybridized carbons (Fsp3) is 0.500. The first-order chi connectivity index (χ1) is 10.1. The van der Waals surface area contributed by atoms with Gasteiger partial charge in [-0.1, -0.05) is 22.9 Å². The summed E-state index contributed by atoms with van der Waals surface area (Å²) < 4.78 is 12.1. The van der Waals surface area contributed by atoms with Crippen LogP contribution >= 0.6 is 27.7 Å². The maximum atomic E-state index is 11.1. The van der Waals surface area contributed by atoms with Gasteiger partial charge in [-0.3, -0.25) is 10.1 Å². The number of carboxylic acid groups (broad SMARTS) is 1. The predicted octanol–water partition coefficient (Wildman–Crippen LogP) is 3.03. The average Bonchev–Trinajstić information content (AvgIpc) is 2.95. The Morgan fingerprint density at radius 2 is 2.33 bits per heavy atom. The maximum absolute atomic E-state index is 11.1. The summed E-state index contributed by atoms with van der Waals surface area (Å²) in [6, 6.07) is 3.26. The zero-order valence-corrected chi connectivity index (χ0v) is 14.3. The van der Waals surface area contributed by atoms with E-state index in [9.17, 15) is 4.79 Å². The summed E-state index contributed by atoms with van der Waals surface area (Å²) in [5, 5.41) is 12.1. The minimum atomic E-state index is -0.831. The van der Waals surface area contributed by atoms with Crippen LogP contribution in [0.4, 0.5) is 0 Å². The minimum absolute atomic E-state index is 0.121. The molecule has 2 unspecified atom stereocenters. The SMILES string of the molecule is CCCOc1c(OC)cc(Br)cc1C1NC(C(=O)O)CS1. The quantitative estimate of drug-likeness (QED) is 0.796. The second-order valence-electron chi connectivity index (χ2n) is 4.65. The number of hydrogen-bond donors (Lipinski definition) is 2. The molecule has 1 aliphatic heterocycles. The molecule has 2 N–H and O–H groups in total. The van der Waals surface area contributed by atoms with E-state index in [1.807, 2.05) is 19.1 Å². The Labute approximate surface area is 136 Å². The summed E-state index contributed by atoms with van der Waals surface area (Å²) in [4.78, 5) is 11.1. The van der Waals surface area contributed by atoms with E-state index >= 15 is 0 Å². The number of carbonyl (C=O) groups is 1. The van der Waals surface area contributed by atoms with Gasteiger partial charge in [0.2, 0.25) is 0 Å². The van der Waals surface area contributed by atoms with Crippen LogP contribution in [-0.2, 0) is 4.79 Å². The van der Waals surface area contributed by atoms with E-state index in [-0.39, 0.29) is 5.37 Å². The molecule has 0 aliphatic carbocycles. The third-order valence-corrected chi connectivity index (χ3v) is 4.79. The molecule has 0 bridgehead atoms. The van der Waals surface area contributed by atoms with Crippen molar-refractivity contribution >= 4 is 33.7 Å². The summed E-state index contributed by atoms with van der Waals surface area (Å²) in [6.07, 6.45) is 0.891. The van der Waals surface area contributed by atoms with Crippen LogP contribution < -0.4 is 14.8 Å². The summed E-state index contributed by atoms with van der Waals surface area (Å²) in [5.41, 5.74) is 0.906. The molecule has 1 aromatic carbocycles. The van der Waals surface area contributed by atoms with E-state index in [1.54, 1.807) is 18.9 Å². The van der Waals surface area contributed by atoms with Gasteiger partial charge in [0.1, 0.15) is 6.04 Å². The third kappa shape index (κ3) is 3.84. The van der Waals surface area contributed by atoms with E-state index in [4.69, 9.17) is 14.6 Å². The molecule has 1 heterocycles. The first kappa shape index (κ1) is 16.5. The first-order valence-electron chi connectivity index (χ1n) is 6.67. The second-order valence-corrected chi connectivity index (χ2v) is 6.70. The van der Waals surface area contributed by atoms with Crippen LogP contribution in [0.15, 0.2) is 16.6 Å². The van der Waals surface area contributed by atoms with Gasteiger partial charge < -0.3 is 14.6 Å². The molecule has 5 nitrogen and oxygen atoms in total. The normalized spacial score (nSPS) is 21.3. The summed E-state index contributed by atoms with van der Waals surface area (Å²) >= 11 is 5.02. The zero-order valence-electron chi connectivity index (χ0n) is 11.9. The van der Waals surface area contributed by atoms with Crippen LogP contribution in [0.2, 0.25) is 0 Å². The van der Waals surface area contributed by atoms with E-state index in [0.717, 1.165) is 16.5 Å². The number of ether oxygens (including phenoxy) is 2. The average molecular weight is 376 g/mol. The lowest BCUT2D eigenvalue weighted by atomic mass is 10.1. The second kappa shape index (κ2) is 7.38. The predicted molar refractivity (Wildman–Crippen MR) is 86.2 cm³/mol. The number of thioether (sulfide) groups is 1. The van der Waals surface area contributed by atoms with E-state index in [1.165, 1.54) is 0 Å². The number of carboxylic acids is 1. The van der Waals surface area contributed by atoms with Crippen molar-refractivity contribution in [3.63, 3.8) is 0 Å². The van der Waals surface area contributed by atoms with Crippen molar-refractivity contribution in [2.45, 2.75) is 24.8 Å². The summed E-state index contributed by atoms with van der Waals surface area (Å²) in [5.74, 6) is 1.03. The Kier molecular flexibility index (Phi) is 5.78. The largest absolute Gasteiger partial charge is 0.493 e. The molecule has 7 heteroatoms. The smallest absolute Gasteiger partial charge is 0.321 e. The number of methoxy groups -OCH3 is 1. The highest BCUT2D eigenvalue weighted by molar-refractivity contribution is 9.10. The number of aliphatic carboxylic acids is 1. The fourth-order valence-corrected chi connectivity index (χ4v) is 3.78. The van der Waals surface area contributed by atoms with Crippen molar-refractivity contribution in [1.82, 2.24) is 5.32 Å². The van der Waals surface area contributed by atoms with Gasteiger partial charge in [-0.05, 0) is 18.6 Å². The van der Waals surface area contributed by atoms with Gasteiger partial charge in [0.25, 0.3) is 0 Å². The van der Waals surface area contributed by atoms with Gasteiger partial charge in [0.15, 0.2) is 11.5 Å². The third-order valence-electron chi connectivity index (χ3n) is 3.08. The van der Waals surface area contributed by atoms with Crippen LogP contribution in [0, 0.1) is 0 Å². The van der Waals surface area contributed by atoms with Crippen molar-refractivity contribution in [1.29, 1.82) is 0 Å². The highest BCUT2D eigenvalue weighted by Crippen LogP contribution is 2.44. The van der Waals surface area contributed by atoms with Crippen molar-refractivity contribution in [3.05, 3.63) is 22.2 Å². The number of halogens is 1. The monoisotopic (exact) mass is 375 g/mol. The van der Waals surface area contributed by atoms with Crippen molar-refractivity contribution in [2.75, 3.05) is 19.5 Å². The van der Waals surface area contributed by atoms with Gasteiger partial charge in [-0.15, -0.1) is 11.8 Å². The van der Waals surface area contributed by atoms with Crippen LogP contribution in [0.3, 0.4) is 0 Å². The molecule has 116 valence electrons. The lowest BCUT2D eigenvalue weighted by Gasteiger charge is -2.19. The fourth-order valence-electron chi connectivity index (χ4n) is 2.09. The molecule has 2 rings (SSSR count). The molecule has 2 atom stereocenters. The molecular weight excluding hydrogens is 358 g/mol. The number of nitrogens with one attached hydrogen (secondary N) is 1. The Balaban J connectivity index is 2.32. The lowest BCUT2D eigenvalue weighted by molar-refractivity contribution is -0.138. The van der Waals surface area contributed by atoms with Crippen LogP contribution in [0.5, 0.6) is 11.5 Å². The minimum Gasteiger partial charge on any atom is -0.493 e. The van der Waals surface area contributed by atoms with Crippen molar-refractivity contribution in [2.24, 2.45) is 0 Å². The molecule has 1 aliphatic rings. The number of hydrogen-bond acceptors (Lipinski definition) is 5. The van der Waals surface area contributed by atoms with Crippen molar-refractivity contribution in [3.8, 4) is 11.5 Å². The molecule has 1 aromatic rings. The molecule has 21 heavy (non-hydrogen) atoms. The maximum Gasteiger partial charge on any atom is 0.321 e. The van der Waals surface area contributed by atoms with E-state index < -0.39 is 12.0 Å². The Bertz CT molecular complexity index is 526. The molecule has 0 amide bonds. The van der Waals surface area contributed by atoms with Crippen LogP contribution in [0.1, 0.15) is 24.3 Å². The summed E-state index contributed by atoms with van der Waals surface area (Å²) in [6.45, 7) is 2.62. The van der Waals surface area contributed by atoms with Gasteiger partial charge >= 0.3 is 5.97 Å². The Morgan fingerprint density at radius 1 is 1.57 bits per heavy atom. The first-order valence-corrected chi connectivity index (χ1v) is 8.51. The highest BCUT2D eigenvalue weighted by Gasteiger charge is 2.33. The van der Waals surface area contributed by atoms with Gasteiger partial charge in [0.05, 0.1) is 19.1 Å². The molecule has 0 radical (unpaired) electrons. The molecular formula is C14H18BrNO4S. The number of rotatable bonds is 6. The topological polar surface area (TPSA) is 67.8 Å². The Hall–Kier alpha value is -0.920. The van der Waals surface area contributed by atoms with Crippen molar-refractivity contribution < 1.29 is 19.4 Å². The van der Waals surface area contributed by atoms with Gasteiger partial charge in [-0.25, -0.2) is 0 Å². The molecule has 1 fully saturated rings. The highest BCUT2D eigenvalue weighted by atomic mass is 79.9. The Morgan fingerprint density at radius 3 is 2.90 bits per heavy atom. The molecule has 0 saturated carbocycles.